The maximum Gasteiger partial charge on any atom is 0.223 e. The lowest BCUT2D eigenvalue weighted by Gasteiger charge is -2.57. The minimum atomic E-state index is 0.0450. The first-order chi connectivity index (χ1) is 13.5. The lowest BCUT2D eigenvalue weighted by atomic mass is 9.49. The number of anilines is 1. The predicted molar refractivity (Wildman–Crippen MR) is 109 cm³/mol. The lowest BCUT2D eigenvalue weighted by molar-refractivity contribution is -0.0105. The number of nitrogens with one attached hydrogen (secondary N) is 1. The molecule has 0 amide bonds. The maximum atomic E-state index is 6.03. The molecule has 0 radical (unpaired) electrons. The molecule has 1 spiro atoms. The molecular formula is C23H32N4O. The van der Waals surface area contributed by atoms with Gasteiger partial charge in [0.2, 0.25) is 5.95 Å². The van der Waals surface area contributed by atoms with Gasteiger partial charge in [0.05, 0.1) is 24.3 Å². The van der Waals surface area contributed by atoms with Crippen molar-refractivity contribution in [3.05, 3.63) is 29.1 Å². The van der Waals surface area contributed by atoms with Crippen LogP contribution in [0.3, 0.4) is 0 Å². The summed E-state index contributed by atoms with van der Waals surface area (Å²) in [6, 6.07) is 0.585. The van der Waals surface area contributed by atoms with E-state index in [2.05, 4.69) is 35.1 Å². The molecule has 1 aromatic heterocycles. The zero-order valence-electron chi connectivity index (χ0n) is 17.2. The summed E-state index contributed by atoms with van der Waals surface area (Å²) in [7, 11) is 0. The Morgan fingerprint density at radius 3 is 3.00 bits per heavy atom. The van der Waals surface area contributed by atoms with Crippen LogP contribution in [0.1, 0.15) is 57.2 Å². The fraction of sp³-hybridized carbons (Fsp3) is 0.739. The van der Waals surface area contributed by atoms with Gasteiger partial charge in [0, 0.05) is 30.9 Å². The van der Waals surface area contributed by atoms with Crippen molar-refractivity contribution in [2.75, 3.05) is 31.6 Å². The van der Waals surface area contributed by atoms with Crippen molar-refractivity contribution in [1.82, 2.24) is 14.9 Å². The summed E-state index contributed by atoms with van der Waals surface area (Å²) in [5.41, 5.74) is 4.69. The number of ether oxygens (including phenoxy) is 1. The number of likely N-dealkylation sites (tertiary alicyclic amines) is 1. The fourth-order valence-electron chi connectivity index (χ4n) is 6.19. The molecule has 1 unspecified atom stereocenters. The topological polar surface area (TPSA) is 50.3 Å². The molecule has 7 rings (SSSR count). The first-order valence-corrected chi connectivity index (χ1v) is 11.2. The highest BCUT2D eigenvalue weighted by atomic mass is 16.5. The molecule has 6 aliphatic rings. The van der Waals surface area contributed by atoms with Crippen LogP contribution in [0.25, 0.3) is 0 Å². The van der Waals surface area contributed by atoms with Crippen LogP contribution >= 0.6 is 0 Å². The van der Waals surface area contributed by atoms with Crippen LogP contribution in [0.15, 0.2) is 17.8 Å². The quantitative estimate of drug-likeness (QED) is 0.810. The number of nitrogens with zero attached hydrogens (tertiary/aromatic N) is 3. The van der Waals surface area contributed by atoms with E-state index in [0.717, 1.165) is 50.4 Å². The second kappa shape index (κ2) is 6.02. The average Bonchev–Trinajstić information content (AvgIpc) is 3.42. The first kappa shape index (κ1) is 17.4. The van der Waals surface area contributed by atoms with Gasteiger partial charge in [-0.1, -0.05) is 25.5 Å². The van der Waals surface area contributed by atoms with E-state index in [-0.39, 0.29) is 5.41 Å². The van der Waals surface area contributed by atoms with Gasteiger partial charge in [-0.15, -0.1) is 0 Å². The van der Waals surface area contributed by atoms with E-state index < -0.39 is 0 Å². The number of rotatable bonds is 4. The summed E-state index contributed by atoms with van der Waals surface area (Å²) in [6.45, 7) is 9.74. The van der Waals surface area contributed by atoms with E-state index in [4.69, 9.17) is 9.72 Å². The molecule has 5 nitrogen and oxygen atoms in total. The van der Waals surface area contributed by atoms with Gasteiger partial charge in [0.1, 0.15) is 0 Å². The van der Waals surface area contributed by atoms with Crippen molar-refractivity contribution in [3.8, 4) is 0 Å². The maximum absolute atomic E-state index is 6.03. The number of allylic oxidation sites excluding steroid dienone is 1. The number of hydrogen-bond acceptors (Lipinski definition) is 5. The van der Waals surface area contributed by atoms with Gasteiger partial charge >= 0.3 is 0 Å². The molecule has 3 fully saturated rings. The lowest BCUT2D eigenvalue weighted by Crippen LogP contribution is -2.50. The molecule has 3 heterocycles. The Hall–Kier alpha value is -1.46. The van der Waals surface area contributed by atoms with Crippen LogP contribution in [-0.2, 0) is 16.8 Å². The number of fused-ring (bicyclic) bond motifs is 3. The van der Waals surface area contributed by atoms with Crippen molar-refractivity contribution in [1.29, 1.82) is 0 Å². The largest absolute Gasteiger partial charge is 0.376 e. The third-order valence-electron chi connectivity index (χ3n) is 8.34. The Balaban J connectivity index is 1.22. The SMILES string of the molecule is CC1(C)[C@H]2CC=C(CN3CCC4(COCc5cnc(NC6CC6)nc54)C3)[C@@H]1C2. The van der Waals surface area contributed by atoms with Gasteiger partial charge in [-0.2, -0.15) is 0 Å². The molecule has 2 aliphatic heterocycles. The van der Waals surface area contributed by atoms with Crippen LogP contribution in [-0.4, -0.2) is 47.2 Å². The summed E-state index contributed by atoms with van der Waals surface area (Å²) >= 11 is 0. The van der Waals surface area contributed by atoms with Gasteiger partial charge in [-0.25, -0.2) is 9.97 Å². The normalized spacial score (nSPS) is 36.0. The molecule has 1 aromatic rings. The Morgan fingerprint density at radius 2 is 2.21 bits per heavy atom. The molecular weight excluding hydrogens is 348 g/mol. The predicted octanol–water partition coefficient (Wildman–Crippen LogP) is 3.52. The summed E-state index contributed by atoms with van der Waals surface area (Å²) in [5.74, 6) is 2.53. The fourth-order valence-corrected chi connectivity index (χ4v) is 6.19. The standard InChI is InChI=1S/C23H32N4O/c1-22(2)17-4-3-15(19(22)9-17)11-27-8-7-23(13-27)14-28-12-16-10-24-21(26-20(16)23)25-18-5-6-18/h3,10,17-19H,4-9,11-14H2,1-2H3,(H,24,25,26)/t17-,19-,23?/m0/s1. The smallest absolute Gasteiger partial charge is 0.223 e. The van der Waals surface area contributed by atoms with Gasteiger partial charge < -0.3 is 10.1 Å². The van der Waals surface area contributed by atoms with E-state index in [1.807, 2.05) is 6.20 Å². The molecule has 150 valence electrons. The Labute approximate surface area is 168 Å². The van der Waals surface area contributed by atoms with Crippen molar-refractivity contribution in [2.45, 2.75) is 64.0 Å². The molecule has 4 aliphatic carbocycles. The molecule has 2 bridgehead atoms. The van der Waals surface area contributed by atoms with Crippen LogP contribution in [0, 0.1) is 17.3 Å². The third kappa shape index (κ3) is 2.66. The minimum Gasteiger partial charge on any atom is -0.376 e. The molecule has 1 saturated heterocycles. The van der Waals surface area contributed by atoms with E-state index in [1.165, 1.54) is 36.9 Å². The second-order valence-electron chi connectivity index (χ2n) is 10.5. The highest BCUT2D eigenvalue weighted by molar-refractivity contribution is 5.38. The molecule has 2 saturated carbocycles. The number of hydrogen-bond donors (Lipinski definition) is 1. The van der Waals surface area contributed by atoms with Gasteiger partial charge in [-0.3, -0.25) is 4.90 Å². The van der Waals surface area contributed by atoms with E-state index >= 15 is 0 Å². The molecule has 3 atom stereocenters. The van der Waals surface area contributed by atoms with Crippen molar-refractivity contribution < 1.29 is 4.74 Å². The van der Waals surface area contributed by atoms with Gasteiger partial charge in [0.25, 0.3) is 0 Å². The van der Waals surface area contributed by atoms with Crippen molar-refractivity contribution in [2.24, 2.45) is 17.3 Å². The summed E-state index contributed by atoms with van der Waals surface area (Å²) in [6.07, 6.45) is 10.9. The zero-order chi connectivity index (χ0) is 18.9. The number of aromatic nitrogens is 2. The van der Waals surface area contributed by atoms with Crippen molar-refractivity contribution in [3.63, 3.8) is 0 Å². The van der Waals surface area contributed by atoms with E-state index in [0.29, 0.717) is 18.1 Å². The van der Waals surface area contributed by atoms with Crippen LogP contribution < -0.4 is 5.32 Å². The molecule has 5 heteroatoms. The molecule has 28 heavy (non-hydrogen) atoms. The third-order valence-corrected chi connectivity index (χ3v) is 8.34. The van der Waals surface area contributed by atoms with Crippen LogP contribution in [0.2, 0.25) is 0 Å². The molecule has 0 aromatic carbocycles. The van der Waals surface area contributed by atoms with Crippen LogP contribution in [0.4, 0.5) is 5.95 Å². The molecule has 1 N–H and O–H groups in total. The first-order valence-electron chi connectivity index (χ1n) is 11.2. The van der Waals surface area contributed by atoms with Gasteiger partial charge in [0.15, 0.2) is 0 Å². The van der Waals surface area contributed by atoms with E-state index in [1.54, 1.807) is 5.57 Å². The highest BCUT2D eigenvalue weighted by Gasteiger charge is 2.52. The van der Waals surface area contributed by atoms with Gasteiger partial charge in [-0.05, 0) is 55.9 Å². The average molecular weight is 381 g/mol. The zero-order valence-corrected chi connectivity index (χ0v) is 17.2. The highest BCUT2D eigenvalue weighted by Crippen LogP contribution is 2.59. The summed E-state index contributed by atoms with van der Waals surface area (Å²) in [4.78, 5) is 12.2. The second-order valence-corrected chi connectivity index (χ2v) is 10.5. The Morgan fingerprint density at radius 1 is 1.32 bits per heavy atom. The minimum absolute atomic E-state index is 0.0450. The van der Waals surface area contributed by atoms with E-state index in [9.17, 15) is 0 Å². The van der Waals surface area contributed by atoms with Crippen LogP contribution in [0.5, 0.6) is 0 Å². The Kier molecular flexibility index (Phi) is 3.74. The van der Waals surface area contributed by atoms with Crippen molar-refractivity contribution >= 4 is 5.95 Å². The monoisotopic (exact) mass is 380 g/mol. The summed E-state index contributed by atoms with van der Waals surface area (Å²) in [5, 5.41) is 3.48. The summed E-state index contributed by atoms with van der Waals surface area (Å²) < 4.78 is 6.03. The Bertz CT molecular complexity index is 830.